The van der Waals surface area contributed by atoms with Gasteiger partial charge in [-0.05, 0) is 25.3 Å². The Morgan fingerprint density at radius 1 is 1.07 bits per heavy atom. The highest BCUT2D eigenvalue weighted by atomic mass is 127. The van der Waals surface area contributed by atoms with Crippen LogP contribution in [0.5, 0.6) is 0 Å². The summed E-state index contributed by atoms with van der Waals surface area (Å²) in [5.41, 5.74) is 1.08. The van der Waals surface area contributed by atoms with Crippen molar-refractivity contribution >= 4 is 35.8 Å². The van der Waals surface area contributed by atoms with Crippen LogP contribution in [0.4, 0.5) is 0 Å². The van der Waals surface area contributed by atoms with Crippen LogP contribution in [-0.4, -0.2) is 44.2 Å². The molecule has 3 N–H and O–H groups in total. The highest BCUT2D eigenvalue weighted by molar-refractivity contribution is 14.0. The number of hydrogen-bond donors (Lipinski definition) is 3. The average molecular weight is 502 g/mol. The Balaban J connectivity index is 0.00000392. The van der Waals surface area contributed by atoms with Crippen molar-refractivity contribution in [3.05, 3.63) is 35.9 Å². The number of amides is 1. The number of carbonyl (C=O) groups is 1. The number of halogens is 1. The highest BCUT2D eigenvalue weighted by Gasteiger charge is 2.12. The van der Waals surface area contributed by atoms with E-state index in [0.717, 1.165) is 12.1 Å². The van der Waals surface area contributed by atoms with Crippen LogP contribution in [0.3, 0.4) is 0 Å². The molecule has 2 rings (SSSR count). The van der Waals surface area contributed by atoms with Gasteiger partial charge in [0.05, 0.1) is 12.7 Å². The van der Waals surface area contributed by atoms with Gasteiger partial charge in [-0.3, -0.25) is 4.79 Å². The zero-order valence-corrected chi connectivity index (χ0v) is 19.2. The van der Waals surface area contributed by atoms with Gasteiger partial charge in [0.15, 0.2) is 5.96 Å². The molecule has 0 aromatic heterocycles. The second-order valence-corrected chi connectivity index (χ2v) is 6.87. The third-order valence-corrected chi connectivity index (χ3v) is 4.61. The first kappa shape index (κ1) is 24.7. The van der Waals surface area contributed by atoms with Crippen molar-refractivity contribution < 1.29 is 9.53 Å². The fourth-order valence-corrected chi connectivity index (χ4v) is 3.15. The van der Waals surface area contributed by atoms with E-state index >= 15 is 0 Å². The average Bonchev–Trinajstić information content (AvgIpc) is 2.97. The predicted octanol–water partition coefficient (Wildman–Crippen LogP) is 3.22. The van der Waals surface area contributed by atoms with Crippen LogP contribution in [0.15, 0.2) is 35.3 Å². The number of aliphatic imine (C=N–C) groups is 1. The molecule has 1 aromatic carbocycles. The van der Waals surface area contributed by atoms with Crippen molar-refractivity contribution in [1.29, 1.82) is 0 Å². The molecule has 1 amide bonds. The summed E-state index contributed by atoms with van der Waals surface area (Å²) in [4.78, 5) is 16.3. The van der Waals surface area contributed by atoms with Gasteiger partial charge in [-0.2, -0.15) is 0 Å². The van der Waals surface area contributed by atoms with E-state index in [1.165, 1.54) is 38.5 Å². The van der Waals surface area contributed by atoms with Gasteiger partial charge in [0, 0.05) is 19.6 Å². The number of hydrogen-bond acceptors (Lipinski definition) is 3. The molecule has 0 bridgehead atoms. The van der Waals surface area contributed by atoms with Gasteiger partial charge in [-0.25, -0.2) is 4.99 Å². The van der Waals surface area contributed by atoms with Gasteiger partial charge >= 0.3 is 0 Å². The molecule has 1 aromatic rings. The zero-order valence-electron chi connectivity index (χ0n) is 16.9. The van der Waals surface area contributed by atoms with E-state index in [2.05, 4.69) is 20.9 Å². The van der Waals surface area contributed by atoms with Crippen LogP contribution >= 0.6 is 24.0 Å². The second kappa shape index (κ2) is 15.6. The lowest BCUT2D eigenvalue weighted by molar-refractivity contribution is -0.119. The van der Waals surface area contributed by atoms with Gasteiger partial charge in [0.2, 0.25) is 5.91 Å². The molecule has 1 fully saturated rings. The van der Waals surface area contributed by atoms with Crippen LogP contribution < -0.4 is 16.0 Å². The van der Waals surface area contributed by atoms with Crippen molar-refractivity contribution in [2.75, 3.05) is 26.2 Å². The molecule has 0 aliphatic heterocycles. The van der Waals surface area contributed by atoms with Crippen molar-refractivity contribution in [1.82, 2.24) is 16.0 Å². The Hall–Kier alpha value is -1.35. The van der Waals surface area contributed by atoms with E-state index in [-0.39, 0.29) is 36.4 Å². The zero-order chi connectivity index (χ0) is 19.2. The fraction of sp³-hybridized carbons (Fsp3) is 0.619. The topological polar surface area (TPSA) is 74.8 Å². The number of nitrogens with one attached hydrogen (secondary N) is 3. The summed E-state index contributed by atoms with van der Waals surface area (Å²) < 4.78 is 5.98. The standard InChI is InChI=1S/C21H34N4O2.HI/c1-2-22-21(23-14-15-27-19-12-8-3-4-9-13-19)25-17-20(26)24-16-18-10-6-5-7-11-18;/h5-7,10-11,19H,2-4,8-9,12-17H2,1H3,(H,24,26)(H2,22,23,25);1H. The summed E-state index contributed by atoms with van der Waals surface area (Å²) in [6, 6.07) is 9.87. The summed E-state index contributed by atoms with van der Waals surface area (Å²) in [6.07, 6.45) is 7.98. The van der Waals surface area contributed by atoms with Crippen molar-refractivity contribution in [2.24, 2.45) is 4.99 Å². The van der Waals surface area contributed by atoms with Gasteiger partial charge in [0.1, 0.15) is 6.54 Å². The Morgan fingerprint density at radius 2 is 1.79 bits per heavy atom. The van der Waals surface area contributed by atoms with E-state index in [9.17, 15) is 4.79 Å². The Morgan fingerprint density at radius 3 is 2.46 bits per heavy atom. The maximum Gasteiger partial charge on any atom is 0.242 e. The summed E-state index contributed by atoms with van der Waals surface area (Å²) in [6.45, 7) is 4.74. The first-order chi connectivity index (χ1) is 13.3. The first-order valence-electron chi connectivity index (χ1n) is 10.2. The summed E-state index contributed by atoms with van der Waals surface area (Å²) in [5.74, 6) is 0.558. The van der Waals surface area contributed by atoms with Gasteiger partial charge in [-0.1, -0.05) is 56.0 Å². The number of guanidine groups is 1. The lowest BCUT2D eigenvalue weighted by atomic mass is 10.1. The SMILES string of the molecule is CCNC(=NCC(=O)NCc1ccccc1)NCCOC1CCCCCC1.I. The number of rotatable bonds is 9. The Bertz CT molecular complexity index is 561. The second-order valence-electron chi connectivity index (χ2n) is 6.87. The minimum Gasteiger partial charge on any atom is -0.376 e. The third kappa shape index (κ3) is 10.8. The lowest BCUT2D eigenvalue weighted by Crippen LogP contribution is -2.40. The predicted molar refractivity (Wildman–Crippen MR) is 125 cm³/mol. The van der Waals surface area contributed by atoms with E-state index in [4.69, 9.17) is 4.74 Å². The smallest absolute Gasteiger partial charge is 0.242 e. The molecule has 1 aliphatic rings. The summed E-state index contributed by atoms with van der Waals surface area (Å²) in [5, 5.41) is 9.29. The molecule has 1 aliphatic carbocycles. The Kier molecular flexibility index (Phi) is 13.7. The largest absolute Gasteiger partial charge is 0.376 e. The van der Waals surface area contributed by atoms with Crippen LogP contribution in [0.2, 0.25) is 0 Å². The number of ether oxygens (including phenoxy) is 1. The number of nitrogens with zero attached hydrogens (tertiary/aromatic N) is 1. The number of benzene rings is 1. The Labute approximate surface area is 186 Å². The minimum absolute atomic E-state index is 0. The quantitative estimate of drug-likeness (QED) is 0.159. The normalized spacial score (nSPS) is 15.2. The number of carbonyl (C=O) groups excluding carboxylic acids is 1. The monoisotopic (exact) mass is 502 g/mol. The molecular weight excluding hydrogens is 467 g/mol. The molecule has 1 saturated carbocycles. The molecule has 0 atom stereocenters. The fourth-order valence-electron chi connectivity index (χ4n) is 3.15. The van der Waals surface area contributed by atoms with Crippen molar-refractivity contribution in [2.45, 2.75) is 58.1 Å². The molecule has 0 saturated heterocycles. The van der Waals surface area contributed by atoms with Crippen LogP contribution in [0.1, 0.15) is 51.0 Å². The van der Waals surface area contributed by atoms with Crippen LogP contribution in [0, 0.1) is 0 Å². The van der Waals surface area contributed by atoms with E-state index in [1.807, 2.05) is 37.3 Å². The maximum atomic E-state index is 12.0. The molecule has 0 unspecified atom stereocenters. The van der Waals surface area contributed by atoms with Crippen LogP contribution in [0.25, 0.3) is 0 Å². The first-order valence-corrected chi connectivity index (χ1v) is 10.2. The lowest BCUT2D eigenvalue weighted by Gasteiger charge is -2.16. The van der Waals surface area contributed by atoms with Crippen LogP contribution in [-0.2, 0) is 16.1 Å². The molecule has 6 nitrogen and oxygen atoms in total. The molecule has 158 valence electrons. The van der Waals surface area contributed by atoms with Crippen molar-refractivity contribution in [3.8, 4) is 0 Å². The minimum atomic E-state index is -0.0919. The summed E-state index contributed by atoms with van der Waals surface area (Å²) in [7, 11) is 0. The summed E-state index contributed by atoms with van der Waals surface area (Å²) >= 11 is 0. The third-order valence-electron chi connectivity index (χ3n) is 4.61. The molecule has 0 heterocycles. The maximum absolute atomic E-state index is 12.0. The highest BCUT2D eigenvalue weighted by Crippen LogP contribution is 2.19. The van der Waals surface area contributed by atoms with E-state index in [0.29, 0.717) is 31.8 Å². The molecular formula is C21H35IN4O2. The molecule has 7 heteroatoms. The van der Waals surface area contributed by atoms with Gasteiger partial charge in [-0.15, -0.1) is 24.0 Å². The molecule has 28 heavy (non-hydrogen) atoms. The van der Waals surface area contributed by atoms with E-state index in [1.54, 1.807) is 0 Å². The van der Waals surface area contributed by atoms with Gasteiger partial charge < -0.3 is 20.7 Å². The molecule has 0 radical (unpaired) electrons. The molecule has 0 spiro atoms. The van der Waals surface area contributed by atoms with Crippen molar-refractivity contribution in [3.63, 3.8) is 0 Å². The van der Waals surface area contributed by atoms with Gasteiger partial charge in [0.25, 0.3) is 0 Å². The van der Waals surface area contributed by atoms with E-state index < -0.39 is 0 Å².